The number of carbonyl (C=O) groups excluding carboxylic acids is 3. The lowest BCUT2D eigenvalue weighted by Gasteiger charge is -2.26. The predicted molar refractivity (Wildman–Crippen MR) is 130 cm³/mol. The Labute approximate surface area is 209 Å². The number of aliphatic hydroxyl groups excluding tert-OH is 1. The van der Waals surface area contributed by atoms with Crippen LogP contribution in [0.3, 0.4) is 0 Å². The maximum absolute atomic E-state index is 13.2. The molecule has 8 N–H and O–H groups in total. The molecule has 0 aliphatic carbocycles. The molecule has 0 radical (unpaired) electrons. The van der Waals surface area contributed by atoms with Crippen molar-refractivity contribution in [2.75, 3.05) is 0 Å². The smallest absolute Gasteiger partial charge is 0.326 e. The van der Waals surface area contributed by atoms with Crippen LogP contribution in [0.2, 0.25) is 0 Å². The fourth-order valence-electron chi connectivity index (χ4n) is 3.32. The van der Waals surface area contributed by atoms with Gasteiger partial charge in [0.05, 0.1) is 6.10 Å². The van der Waals surface area contributed by atoms with Gasteiger partial charge in [-0.25, -0.2) is 4.79 Å². The molecule has 0 saturated carbocycles. The molecule has 0 bridgehead atoms. The molecule has 3 amide bonds. The molecule has 36 heavy (non-hydrogen) atoms. The monoisotopic (exact) mass is 508 g/mol. The quantitative estimate of drug-likeness (QED) is 0.161. The molecule has 0 saturated heterocycles. The summed E-state index contributed by atoms with van der Waals surface area (Å²) in [5.74, 6) is -4.98. The summed E-state index contributed by atoms with van der Waals surface area (Å²) >= 11 is 0. The van der Waals surface area contributed by atoms with Crippen LogP contribution in [0, 0.1) is 5.92 Å². The highest BCUT2D eigenvalue weighted by molar-refractivity contribution is 5.94. The van der Waals surface area contributed by atoms with Crippen LogP contribution in [-0.4, -0.2) is 75.3 Å². The second-order valence-electron chi connectivity index (χ2n) is 9.04. The number of carbonyl (C=O) groups is 5. The number of nitrogens with two attached hydrogens (primary N) is 1. The number of rotatable bonds is 15. The maximum Gasteiger partial charge on any atom is 0.326 e. The van der Waals surface area contributed by atoms with Crippen molar-refractivity contribution in [2.45, 2.75) is 76.7 Å². The highest BCUT2D eigenvalue weighted by Crippen LogP contribution is 2.09. The van der Waals surface area contributed by atoms with Gasteiger partial charge in [0.25, 0.3) is 0 Å². The Bertz CT molecular complexity index is 907. The van der Waals surface area contributed by atoms with Crippen molar-refractivity contribution in [2.24, 2.45) is 11.7 Å². The number of hydrogen-bond donors (Lipinski definition) is 7. The van der Waals surface area contributed by atoms with Crippen LogP contribution in [0.4, 0.5) is 0 Å². The summed E-state index contributed by atoms with van der Waals surface area (Å²) in [7, 11) is 0. The third-order valence-electron chi connectivity index (χ3n) is 5.34. The van der Waals surface area contributed by atoms with E-state index in [0.717, 1.165) is 0 Å². The minimum Gasteiger partial charge on any atom is -0.481 e. The van der Waals surface area contributed by atoms with E-state index in [2.05, 4.69) is 16.0 Å². The summed E-state index contributed by atoms with van der Waals surface area (Å²) < 4.78 is 0. The number of carboxylic acid groups (broad SMARTS) is 2. The van der Waals surface area contributed by atoms with Gasteiger partial charge in [-0.1, -0.05) is 44.2 Å². The summed E-state index contributed by atoms with van der Waals surface area (Å²) in [6, 6.07) is 3.55. The lowest BCUT2D eigenvalue weighted by atomic mass is 10.0. The first-order valence-electron chi connectivity index (χ1n) is 11.6. The average Bonchev–Trinajstić information content (AvgIpc) is 2.80. The molecule has 200 valence electrons. The fourth-order valence-corrected chi connectivity index (χ4v) is 3.32. The number of aliphatic hydroxyl groups is 1. The van der Waals surface area contributed by atoms with E-state index < -0.39 is 66.4 Å². The molecule has 5 unspecified atom stereocenters. The van der Waals surface area contributed by atoms with Gasteiger partial charge in [-0.05, 0) is 31.2 Å². The molecule has 12 heteroatoms. The van der Waals surface area contributed by atoms with E-state index in [1.54, 1.807) is 44.2 Å². The molecule has 0 fully saturated rings. The lowest BCUT2D eigenvalue weighted by Crippen LogP contribution is -2.58. The third-order valence-corrected chi connectivity index (χ3v) is 5.34. The van der Waals surface area contributed by atoms with Crippen LogP contribution in [0.15, 0.2) is 30.3 Å². The molecule has 5 atom stereocenters. The number of carboxylic acids is 2. The summed E-state index contributed by atoms with van der Waals surface area (Å²) in [6.45, 7) is 4.87. The van der Waals surface area contributed by atoms with E-state index in [-0.39, 0.29) is 25.2 Å². The second-order valence-corrected chi connectivity index (χ2v) is 9.04. The van der Waals surface area contributed by atoms with Crippen LogP contribution in [0.25, 0.3) is 0 Å². The van der Waals surface area contributed by atoms with Crippen molar-refractivity contribution in [3.63, 3.8) is 0 Å². The third kappa shape index (κ3) is 10.8. The number of hydrogen-bond acceptors (Lipinski definition) is 7. The zero-order valence-corrected chi connectivity index (χ0v) is 20.6. The Morgan fingerprint density at radius 2 is 1.36 bits per heavy atom. The normalized spacial score (nSPS) is 15.2. The van der Waals surface area contributed by atoms with Gasteiger partial charge in [-0.2, -0.15) is 0 Å². The summed E-state index contributed by atoms with van der Waals surface area (Å²) in [4.78, 5) is 61.1. The Balaban J connectivity index is 3.13. The molecule has 0 aliphatic rings. The second kappa shape index (κ2) is 14.8. The van der Waals surface area contributed by atoms with Crippen molar-refractivity contribution in [3.05, 3.63) is 35.9 Å². The average molecular weight is 509 g/mol. The highest BCUT2D eigenvalue weighted by atomic mass is 16.4. The van der Waals surface area contributed by atoms with Crippen molar-refractivity contribution in [1.29, 1.82) is 0 Å². The van der Waals surface area contributed by atoms with E-state index >= 15 is 0 Å². The van der Waals surface area contributed by atoms with Gasteiger partial charge in [0.15, 0.2) is 0 Å². The zero-order valence-electron chi connectivity index (χ0n) is 20.6. The molecular weight excluding hydrogens is 472 g/mol. The van der Waals surface area contributed by atoms with Gasteiger partial charge >= 0.3 is 11.9 Å². The minimum absolute atomic E-state index is 0.0172. The standard InChI is InChI=1S/C24H36N4O8/c1-13(2)11-18(24(35)36)28-21(32)16(9-10-19(30)31)26-22(33)17(12-15-7-5-4-6-8-15)27-23(34)20(25)14(3)29/h4-8,13-14,16-18,20,29H,9-12,25H2,1-3H3,(H,26,33)(H,27,34)(H,28,32)(H,30,31)(H,35,36). The summed E-state index contributed by atoms with van der Waals surface area (Å²) in [6.07, 6.45) is -1.81. The highest BCUT2D eigenvalue weighted by Gasteiger charge is 2.31. The Morgan fingerprint density at radius 3 is 1.86 bits per heavy atom. The molecule has 1 aromatic carbocycles. The Kier molecular flexibility index (Phi) is 12.5. The van der Waals surface area contributed by atoms with E-state index in [9.17, 15) is 34.2 Å². The van der Waals surface area contributed by atoms with Gasteiger partial charge in [0.1, 0.15) is 24.2 Å². The Hall–Kier alpha value is -3.51. The van der Waals surface area contributed by atoms with Gasteiger partial charge in [-0.3, -0.25) is 19.2 Å². The zero-order chi connectivity index (χ0) is 27.4. The van der Waals surface area contributed by atoms with E-state index in [4.69, 9.17) is 10.8 Å². The number of nitrogens with one attached hydrogen (secondary N) is 3. The van der Waals surface area contributed by atoms with Crippen molar-refractivity contribution < 1.29 is 39.3 Å². The molecule has 0 aliphatic heterocycles. The van der Waals surface area contributed by atoms with E-state index in [1.165, 1.54) is 6.92 Å². The SMILES string of the molecule is CC(C)CC(NC(=O)C(CCC(=O)O)NC(=O)C(Cc1ccccc1)NC(=O)C(N)C(C)O)C(=O)O. The first-order valence-corrected chi connectivity index (χ1v) is 11.6. The van der Waals surface area contributed by atoms with Crippen molar-refractivity contribution in [3.8, 4) is 0 Å². The maximum atomic E-state index is 13.2. The van der Waals surface area contributed by atoms with Gasteiger partial charge in [-0.15, -0.1) is 0 Å². The van der Waals surface area contributed by atoms with Crippen LogP contribution >= 0.6 is 0 Å². The van der Waals surface area contributed by atoms with Gasteiger partial charge in [0.2, 0.25) is 17.7 Å². The molecule has 0 aromatic heterocycles. The molecule has 0 spiro atoms. The predicted octanol–water partition coefficient (Wildman–Crippen LogP) is -0.613. The van der Waals surface area contributed by atoms with Crippen LogP contribution < -0.4 is 21.7 Å². The summed E-state index contributed by atoms with van der Waals surface area (Å²) in [5.41, 5.74) is 6.36. The molecule has 12 nitrogen and oxygen atoms in total. The first kappa shape index (κ1) is 30.5. The van der Waals surface area contributed by atoms with E-state index in [0.29, 0.717) is 5.56 Å². The lowest BCUT2D eigenvalue weighted by molar-refractivity contribution is -0.143. The van der Waals surface area contributed by atoms with Crippen LogP contribution in [0.5, 0.6) is 0 Å². The van der Waals surface area contributed by atoms with Gasteiger partial charge < -0.3 is 37.0 Å². The van der Waals surface area contributed by atoms with Crippen molar-refractivity contribution >= 4 is 29.7 Å². The number of benzene rings is 1. The van der Waals surface area contributed by atoms with Crippen LogP contribution in [-0.2, 0) is 30.4 Å². The van der Waals surface area contributed by atoms with E-state index in [1.807, 2.05) is 0 Å². The number of aliphatic carboxylic acids is 2. The minimum atomic E-state index is -1.37. The number of amides is 3. The first-order chi connectivity index (χ1) is 16.8. The Morgan fingerprint density at radius 1 is 0.833 bits per heavy atom. The fraction of sp³-hybridized carbons (Fsp3) is 0.542. The topological polar surface area (TPSA) is 208 Å². The van der Waals surface area contributed by atoms with Crippen LogP contribution in [0.1, 0.15) is 45.6 Å². The summed E-state index contributed by atoms with van der Waals surface area (Å²) in [5, 5.41) is 35.4. The molecular formula is C24H36N4O8. The van der Waals surface area contributed by atoms with Gasteiger partial charge in [0, 0.05) is 12.8 Å². The van der Waals surface area contributed by atoms with Crippen molar-refractivity contribution in [1.82, 2.24) is 16.0 Å². The molecule has 1 aromatic rings. The molecule has 0 heterocycles. The largest absolute Gasteiger partial charge is 0.481 e. The molecule has 1 rings (SSSR count).